The van der Waals surface area contributed by atoms with Crippen molar-refractivity contribution in [3.8, 4) is 11.5 Å². The van der Waals surface area contributed by atoms with Crippen LogP contribution in [0, 0.1) is 11.7 Å². The zero-order valence-electron chi connectivity index (χ0n) is 68.3. The predicted octanol–water partition coefficient (Wildman–Crippen LogP) is 10.6. The molecule has 0 aromatic heterocycles. The van der Waals surface area contributed by atoms with E-state index in [2.05, 4.69) is 84.7 Å². The molecule has 8 N–H and O–H groups in total. The van der Waals surface area contributed by atoms with E-state index >= 15 is 0 Å². The van der Waals surface area contributed by atoms with Crippen LogP contribution in [-0.2, 0) is 72.3 Å². The lowest BCUT2D eigenvalue weighted by Gasteiger charge is -2.33. The minimum absolute atomic E-state index is 0.0359. The van der Waals surface area contributed by atoms with E-state index < -0.39 is 30.2 Å². The second-order valence-electron chi connectivity index (χ2n) is 29.8. The van der Waals surface area contributed by atoms with Crippen molar-refractivity contribution in [1.29, 1.82) is 0 Å². The molecule has 612 valence electrons. The first kappa shape index (κ1) is 89.8. The average molecular weight is 1580 g/mol. The summed E-state index contributed by atoms with van der Waals surface area (Å²) < 4.78 is 25.6. The third kappa shape index (κ3) is 28.7. The number of hydrogen-bond donors (Lipinski definition) is 8. The zero-order valence-corrected chi connectivity index (χ0v) is 69.1. The highest BCUT2D eigenvalue weighted by atomic mass is 32.2. The maximum Gasteiger partial charge on any atom is 0.243 e. The van der Waals surface area contributed by atoms with E-state index in [1.54, 1.807) is 56.9 Å². The van der Waals surface area contributed by atoms with Gasteiger partial charge in [-0.3, -0.25) is 38.5 Å². The smallest absolute Gasteiger partial charge is 0.243 e. The number of halogens is 1. The maximum absolute atomic E-state index is 13.5. The topological polar surface area (TPSA) is 247 Å². The number of ether oxygens (including phenoxy) is 2. The van der Waals surface area contributed by atoms with Gasteiger partial charge >= 0.3 is 0 Å². The van der Waals surface area contributed by atoms with Gasteiger partial charge in [-0.2, -0.15) is 0 Å². The van der Waals surface area contributed by atoms with Crippen molar-refractivity contribution in [3.63, 3.8) is 0 Å². The molecule has 3 aliphatic heterocycles. The number of nitrogens with zero attached hydrogens (tertiary/aromatic N) is 4. The Labute approximate surface area is 679 Å². The lowest BCUT2D eigenvalue weighted by molar-refractivity contribution is -0.142. The van der Waals surface area contributed by atoms with E-state index in [1.165, 1.54) is 33.1 Å². The molecule has 10 rings (SSSR count). The van der Waals surface area contributed by atoms with Gasteiger partial charge in [-0.05, 0) is 142 Å². The minimum atomic E-state index is -0.774. The SMILES string of the molecule is CCC(C)[C@@H]1NCCOc2ccccc2/C=C/CNC[C@@H](Cc2ccc(F)cc2)NC(=O)[C@@H](C)N(C)C1=O.CCC[C@@H]1NCc2ccccc2Sc2ccccc2CNC(=O)[C@@H](Cc2ccccc2)NC(=O)CN(C)C1=O.CCC[C@H]1C(=O)N(C)[C@H](C)C(=O)N[C@H](Cc2ccccc2)CNCCCc2ccccc2OCCN1C. The summed E-state index contributed by atoms with van der Waals surface area (Å²) in [7, 11) is 7.00. The normalized spacial score (nSPS) is 22.1. The number of para-hydroxylation sites is 2. The van der Waals surface area contributed by atoms with Gasteiger partial charge in [0.15, 0.2) is 0 Å². The Morgan fingerprint density at radius 1 is 0.526 bits per heavy atom. The Balaban J connectivity index is 0.000000214. The molecule has 7 amide bonds. The van der Waals surface area contributed by atoms with Crippen molar-refractivity contribution in [2.75, 3.05) is 87.2 Å². The van der Waals surface area contributed by atoms with Gasteiger partial charge in [-0.25, -0.2) is 4.39 Å². The van der Waals surface area contributed by atoms with Gasteiger partial charge in [0, 0.05) is 101 Å². The van der Waals surface area contributed by atoms with Gasteiger partial charge in [-0.15, -0.1) is 0 Å². The fourth-order valence-electron chi connectivity index (χ4n) is 13.8. The summed E-state index contributed by atoms with van der Waals surface area (Å²) in [6.45, 7) is 17.1. The summed E-state index contributed by atoms with van der Waals surface area (Å²) in [5.74, 6) is 0.174. The van der Waals surface area contributed by atoms with Crippen molar-refractivity contribution >= 4 is 59.2 Å². The molecule has 7 aromatic rings. The molecule has 0 saturated heterocycles. The van der Waals surface area contributed by atoms with Crippen LogP contribution in [0.2, 0.25) is 0 Å². The molecule has 9 atom stereocenters. The van der Waals surface area contributed by atoms with Crippen molar-refractivity contribution in [3.05, 3.63) is 233 Å². The Morgan fingerprint density at radius 3 is 1.70 bits per heavy atom. The monoisotopic (exact) mass is 1580 g/mol. The zero-order chi connectivity index (χ0) is 81.7. The lowest BCUT2D eigenvalue weighted by Crippen LogP contribution is -2.56. The molecular weight excluding hydrogens is 1460 g/mol. The number of rotatable bonds is 12. The van der Waals surface area contributed by atoms with Crippen LogP contribution >= 0.6 is 11.8 Å². The first-order valence-electron chi connectivity index (χ1n) is 40.4. The summed E-state index contributed by atoms with van der Waals surface area (Å²) >= 11 is 1.65. The number of carbonyl (C=O) groups excluding carboxylic acids is 7. The fraction of sp³-hybridized carbons (Fsp3) is 0.440. The highest BCUT2D eigenvalue weighted by Crippen LogP contribution is 2.33. The Hall–Kier alpha value is -9.75. The second-order valence-corrected chi connectivity index (χ2v) is 30.8. The summed E-state index contributed by atoms with van der Waals surface area (Å²) in [6.07, 6.45) is 11.4. The van der Waals surface area contributed by atoms with E-state index in [4.69, 9.17) is 9.47 Å². The first-order valence-corrected chi connectivity index (χ1v) is 41.3. The van der Waals surface area contributed by atoms with Crippen molar-refractivity contribution in [2.24, 2.45) is 5.92 Å². The standard InChI is InChI=1S/C31H36N4O3S.C30H41FN4O3.C30H44N4O3/c1-3-11-25-31(38)35(2)21-29(36)34-26(18-22-12-5-4-6-13-22)30(37)33-20-24-15-8-10-17-28(24)39-27-16-9-7-14-23(27)19-32-25;1-5-21(2)28-30(37)35(4)22(3)29(36)34-26(19-23-12-14-25(31)15-13-23)20-32-16-8-10-24-9-6-7-11-27(24)38-18-17-33-28;1-5-12-27-30(36)34(4)23(2)29(35)32-26(21-24-13-7-6-8-14-24)22-31-18-11-16-25-15-9-10-17-28(25)37-20-19-33(27)3/h4-10,12-17,25-26,32H,3,11,18-21H2,1-2H3,(H,33,37)(H,34,36);6-15,21-22,26,28,32-33H,5,16-20H2,1-4H3,(H,34,36);6-10,13-15,17,23,26-27,31H,5,11-12,16,18-22H2,1-4H3,(H,32,35)/b;10-8+;/t25-,26+;21?,22-,26-,28+;23-,26-,27+/m011/s1. The Morgan fingerprint density at radius 2 is 1.07 bits per heavy atom. The summed E-state index contributed by atoms with van der Waals surface area (Å²) in [6, 6.07) is 54.8. The van der Waals surface area contributed by atoms with E-state index in [-0.39, 0.29) is 77.8 Å². The van der Waals surface area contributed by atoms with Crippen LogP contribution in [0.3, 0.4) is 0 Å². The molecule has 0 saturated carbocycles. The predicted molar refractivity (Wildman–Crippen MR) is 452 cm³/mol. The van der Waals surface area contributed by atoms with E-state index in [0.29, 0.717) is 78.3 Å². The van der Waals surface area contributed by atoms with Gasteiger partial charge in [0.05, 0.1) is 24.7 Å². The number of hydrogen-bond acceptors (Lipinski definition) is 15. The maximum atomic E-state index is 13.5. The summed E-state index contributed by atoms with van der Waals surface area (Å²) in [5, 5.41) is 25.9. The number of likely N-dealkylation sites (N-methyl/N-ethyl adjacent to an activating group) is 4. The average Bonchev–Trinajstić information content (AvgIpc) is 1.21. The van der Waals surface area contributed by atoms with Gasteiger partial charge in [0.1, 0.15) is 48.7 Å². The number of benzene rings is 7. The van der Waals surface area contributed by atoms with Crippen molar-refractivity contribution < 1.29 is 47.4 Å². The van der Waals surface area contributed by atoms with Crippen molar-refractivity contribution in [2.45, 2.75) is 177 Å². The molecule has 0 aliphatic carbocycles. The van der Waals surface area contributed by atoms with E-state index in [9.17, 15) is 38.0 Å². The number of amides is 7. The highest BCUT2D eigenvalue weighted by molar-refractivity contribution is 7.99. The molecule has 3 aliphatic rings. The van der Waals surface area contributed by atoms with Crippen molar-refractivity contribution in [1.82, 2.24) is 62.1 Å². The number of carbonyl (C=O) groups is 7. The Bertz CT molecular complexity index is 4180. The lowest BCUT2D eigenvalue weighted by atomic mass is 9.97. The van der Waals surface area contributed by atoms with Gasteiger partial charge in [-0.1, -0.05) is 216 Å². The third-order valence-electron chi connectivity index (χ3n) is 21.1. The summed E-state index contributed by atoms with van der Waals surface area (Å²) in [5.41, 5.74) is 7.26. The molecule has 0 spiro atoms. The van der Waals surface area contributed by atoms with E-state index in [0.717, 1.165) is 101 Å². The Kier molecular flexibility index (Phi) is 37.7. The highest BCUT2D eigenvalue weighted by Gasteiger charge is 2.34. The van der Waals surface area contributed by atoms with Crippen LogP contribution in [0.4, 0.5) is 4.39 Å². The molecule has 23 heteroatoms. The minimum Gasteiger partial charge on any atom is -0.492 e. The molecule has 7 aromatic carbocycles. The molecule has 0 fully saturated rings. The molecule has 3 heterocycles. The molecule has 21 nitrogen and oxygen atoms in total. The second kappa shape index (κ2) is 47.8. The van der Waals surface area contributed by atoms with Crippen LogP contribution in [-0.4, -0.2) is 197 Å². The first-order chi connectivity index (χ1) is 55.1. The van der Waals surface area contributed by atoms with Gasteiger partial charge in [0.25, 0.3) is 0 Å². The molecule has 114 heavy (non-hydrogen) atoms. The third-order valence-corrected chi connectivity index (χ3v) is 22.3. The van der Waals surface area contributed by atoms with Gasteiger partial charge in [0.2, 0.25) is 41.4 Å². The molecule has 0 radical (unpaired) electrons. The molecule has 1 unspecified atom stereocenters. The number of fused-ring (bicyclic) bond motifs is 4. The quantitative estimate of drug-likeness (QED) is 0.0567. The molecule has 0 bridgehead atoms. The van der Waals surface area contributed by atoms with Gasteiger partial charge < -0.3 is 66.7 Å². The fourth-order valence-corrected chi connectivity index (χ4v) is 14.9. The summed E-state index contributed by atoms with van der Waals surface area (Å²) in [4.78, 5) is 102. The van der Waals surface area contributed by atoms with E-state index in [1.807, 2.05) is 174 Å². The van der Waals surface area contributed by atoms with Crippen LogP contribution in [0.25, 0.3) is 6.08 Å². The number of nitrogens with one attached hydrogen (secondary N) is 8. The van der Waals surface area contributed by atoms with Crippen LogP contribution < -0.4 is 52.0 Å². The van der Waals surface area contributed by atoms with Crippen LogP contribution in [0.15, 0.2) is 198 Å². The largest absolute Gasteiger partial charge is 0.492 e. The number of aryl methyl sites for hydroxylation is 1. The van der Waals surface area contributed by atoms with Crippen LogP contribution in [0.1, 0.15) is 119 Å². The van der Waals surface area contributed by atoms with Crippen LogP contribution in [0.5, 0.6) is 11.5 Å². The molecular formula is C91H121FN12O9S.